The van der Waals surface area contributed by atoms with Gasteiger partial charge in [-0.15, -0.1) is 0 Å². The Morgan fingerprint density at radius 3 is 2.27 bits per heavy atom. The largest absolute Gasteiger partial charge is 0.465 e. The van der Waals surface area contributed by atoms with Gasteiger partial charge in [0.15, 0.2) is 0 Å². The minimum Gasteiger partial charge on any atom is -0.465 e. The molecule has 0 radical (unpaired) electrons. The number of benzene rings is 2. The molecular weight excluding hydrogens is 419 g/mol. The molecule has 0 bridgehead atoms. The van der Waals surface area contributed by atoms with Gasteiger partial charge in [-0.1, -0.05) is 6.07 Å². The highest BCUT2D eigenvalue weighted by Gasteiger charge is 2.23. The zero-order chi connectivity index (χ0) is 22.5. The molecule has 2 aromatic rings. The molecule has 11 heteroatoms. The second-order valence-electron chi connectivity index (χ2n) is 6.04. The first-order chi connectivity index (χ1) is 14.1. The first kappa shape index (κ1) is 22.8. The highest BCUT2D eigenvalue weighted by atomic mass is 32.2. The molecule has 0 unspecified atom stereocenters. The summed E-state index contributed by atoms with van der Waals surface area (Å²) in [6.45, 7) is -0.703. The number of anilines is 2. The minimum absolute atomic E-state index is 0.0468. The van der Waals surface area contributed by atoms with E-state index < -0.39 is 40.2 Å². The third-order valence-electron chi connectivity index (χ3n) is 3.90. The van der Waals surface area contributed by atoms with Gasteiger partial charge in [0, 0.05) is 0 Å². The maximum absolute atomic E-state index is 13.5. The molecule has 9 nitrogen and oxygen atoms in total. The van der Waals surface area contributed by atoms with E-state index in [-0.39, 0.29) is 22.5 Å². The van der Waals surface area contributed by atoms with Gasteiger partial charge in [-0.05, 0) is 36.4 Å². The van der Waals surface area contributed by atoms with Crippen LogP contribution in [0, 0.1) is 5.82 Å². The zero-order valence-corrected chi connectivity index (χ0v) is 17.2. The monoisotopic (exact) mass is 438 g/mol. The van der Waals surface area contributed by atoms with Gasteiger partial charge in [-0.3, -0.25) is 9.10 Å². The van der Waals surface area contributed by atoms with Crippen molar-refractivity contribution in [3.05, 3.63) is 59.4 Å². The van der Waals surface area contributed by atoms with Gasteiger partial charge in [0.1, 0.15) is 12.4 Å². The van der Waals surface area contributed by atoms with Gasteiger partial charge in [-0.25, -0.2) is 22.4 Å². The van der Waals surface area contributed by atoms with E-state index in [0.29, 0.717) is 4.31 Å². The highest BCUT2D eigenvalue weighted by Crippen LogP contribution is 2.22. The lowest BCUT2D eigenvalue weighted by atomic mass is 10.1. The van der Waals surface area contributed by atoms with Crippen molar-refractivity contribution in [3.63, 3.8) is 0 Å². The molecule has 1 amide bonds. The number of hydrogen-bond acceptors (Lipinski definition) is 7. The van der Waals surface area contributed by atoms with Gasteiger partial charge in [0.2, 0.25) is 15.9 Å². The van der Waals surface area contributed by atoms with E-state index in [0.717, 1.165) is 32.6 Å². The van der Waals surface area contributed by atoms with E-state index >= 15 is 0 Å². The minimum atomic E-state index is -3.94. The van der Waals surface area contributed by atoms with Crippen molar-refractivity contribution < 1.29 is 36.7 Å². The number of amides is 1. The average Bonchev–Trinajstić information content (AvgIpc) is 2.69. The van der Waals surface area contributed by atoms with Crippen LogP contribution in [0.25, 0.3) is 0 Å². The number of carbonyl (C=O) groups is 3. The van der Waals surface area contributed by atoms with Crippen molar-refractivity contribution in [1.82, 2.24) is 0 Å². The van der Waals surface area contributed by atoms with Crippen LogP contribution in [0.4, 0.5) is 15.8 Å². The van der Waals surface area contributed by atoms with Crippen molar-refractivity contribution in [2.45, 2.75) is 0 Å². The van der Waals surface area contributed by atoms with Crippen LogP contribution in [-0.2, 0) is 24.3 Å². The summed E-state index contributed by atoms with van der Waals surface area (Å²) in [4.78, 5) is 36.3. The summed E-state index contributed by atoms with van der Waals surface area (Å²) in [6.07, 6.45) is 0.864. The quantitative estimate of drug-likeness (QED) is 0.655. The molecule has 0 fully saturated rings. The Balaban J connectivity index is 2.37. The van der Waals surface area contributed by atoms with Crippen molar-refractivity contribution in [1.29, 1.82) is 0 Å². The molecule has 160 valence electrons. The first-order valence-electron chi connectivity index (χ1n) is 8.40. The van der Waals surface area contributed by atoms with E-state index in [4.69, 9.17) is 0 Å². The lowest BCUT2D eigenvalue weighted by Crippen LogP contribution is -2.37. The zero-order valence-electron chi connectivity index (χ0n) is 16.3. The van der Waals surface area contributed by atoms with Gasteiger partial charge >= 0.3 is 11.9 Å². The normalized spacial score (nSPS) is 10.8. The third kappa shape index (κ3) is 5.54. The third-order valence-corrected chi connectivity index (χ3v) is 5.04. The van der Waals surface area contributed by atoms with Crippen molar-refractivity contribution in [3.8, 4) is 0 Å². The molecular formula is C19H19FN2O7S. The molecule has 30 heavy (non-hydrogen) atoms. The number of methoxy groups -OCH3 is 2. The molecule has 0 aliphatic rings. The van der Waals surface area contributed by atoms with Crippen molar-refractivity contribution >= 4 is 39.2 Å². The highest BCUT2D eigenvalue weighted by molar-refractivity contribution is 7.92. The van der Waals surface area contributed by atoms with Gasteiger partial charge in [0.25, 0.3) is 0 Å². The van der Waals surface area contributed by atoms with E-state index in [1.807, 2.05) is 0 Å². The fraction of sp³-hybridized carbons (Fsp3) is 0.211. The number of nitrogens with zero attached hydrogens (tertiary/aromatic N) is 1. The van der Waals surface area contributed by atoms with Crippen LogP contribution in [0.5, 0.6) is 0 Å². The SMILES string of the molecule is COC(=O)c1ccc(C(=O)OC)c(NC(=O)CN(c2cccc(F)c2)S(C)(=O)=O)c1. The Morgan fingerprint density at radius 2 is 1.70 bits per heavy atom. The van der Waals surface area contributed by atoms with Crippen LogP contribution >= 0.6 is 0 Å². The van der Waals surface area contributed by atoms with Crippen molar-refractivity contribution in [2.75, 3.05) is 36.6 Å². The molecule has 0 saturated carbocycles. The van der Waals surface area contributed by atoms with Crippen LogP contribution in [0.2, 0.25) is 0 Å². The molecule has 2 aromatic carbocycles. The number of sulfonamides is 1. The molecule has 0 aliphatic heterocycles. The number of carbonyl (C=O) groups excluding carboxylic acids is 3. The van der Waals surface area contributed by atoms with Gasteiger partial charge in [-0.2, -0.15) is 0 Å². The van der Waals surface area contributed by atoms with E-state index in [9.17, 15) is 27.2 Å². The first-order valence-corrected chi connectivity index (χ1v) is 10.3. The fourth-order valence-corrected chi connectivity index (χ4v) is 3.38. The number of nitrogens with one attached hydrogen (secondary N) is 1. The molecule has 0 heterocycles. The standard InChI is InChI=1S/C19H19FN2O7S/c1-28-18(24)12-7-8-15(19(25)29-2)16(9-12)21-17(23)11-22(30(3,26)27)14-6-4-5-13(20)10-14/h4-10H,11H2,1-3H3,(H,21,23). The Labute approximate surface area is 172 Å². The van der Waals surface area contributed by atoms with Gasteiger partial charge in [0.05, 0.1) is 43.0 Å². The summed E-state index contributed by atoms with van der Waals surface area (Å²) in [7, 11) is -1.64. The van der Waals surface area contributed by atoms with Crippen molar-refractivity contribution in [2.24, 2.45) is 0 Å². The number of ether oxygens (including phenoxy) is 2. The summed E-state index contributed by atoms with van der Waals surface area (Å²) in [6, 6.07) is 8.49. The average molecular weight is 438 g/mol. The number of rotatable bonds is 7. The molecule has 0 aromatic heterocycles. The number of hydrogen-bond donors (Lipinski definition) is 1. The van der Waals surface area contributed by atoms with E-state index in [2.05, 4.69) is 14.8 Å². The Kier molecular flexibility index (Phi) is 7.11. The summed E-state index contributed by atoms with van der Waals surface area (Å²) in [5.41, 5.74) is -0.146. The Morgan fingerprint density at radius 1 is 1.03 bits per heavy atom. The Bertz CT molecular complexity index is 1090. The molecule has 0 aliphatic carbocycles. The molecule has 1 N–H and O–H groups in total. The van der Waals surface area contributed by atoms with Crippen LogP contribution in [0.15, 0.2) is 42.5 Å². The second-order valence-corrected chi connectivity index (χ2v) is 7.95. The topological polar surface area (TPSA) is 119 Å². The summed E-state index contributed by atoms with van der Waals surface area (Å²) >= 11 is 0. The lowest BCUT2D eigenvalue weighted by Gasteiger charge is -2.22. The molecule has 0 spiro atoms. The van der Waals surface area contributed by atoms with E-state index in [1.165, 1.54) is 30.3 Å². The predicted molar refractivity (Wildman–Crippen MR) is 106 cm³/mol. The van der Waals surface area contributed by atoms with Crippen LogP contribution < -0.4 is 9.62 Å². The molecule has 0 atom stereocenters. The summed E-state index contributed by atoms with van der Waals surface area (Å²) < 4.78 is 47.7. The number of esters is 2. The Hall–Kier alpha value is -3.47. The molecule has 0 saturated heterocycles. The lowest BCUT2D eigenvalue weighted by molar-refractivity contribution is -0.114. The second kappa shape index (κ2) is 9.35. The maximum Gasteiger partial charge on any atom is 0.339 e. The van der Waals surface area contributed by atoms with E-state index in [1.54, 1.807) is 0 Å². The summed E-state index contributed by atoms with van der Waals surface area (Å²) in [5.74, 6) is -3.01. The fourth-order valence-electron chi connectivity index (χ4n) is 2.53. The number of halogens is 1. The van der Waals surface area contributed by atoms with Gasteiger partial charge < -0.3 is 14.8 Å². The van der Waals surface area contributed by atoms with Crippen LogP contribution in [0.3, 0.4) is 0 Å². The summed E-state index contributed by atoms with van der Waals surface area (Å²) in [5, 5.41) is 2.38. The maximum atomic E-state index is 13.5. The van der Waals surface area contributed by atoms with Crippen LogP contribution in [-0.4, -0.2) is 53.3 Å². The van der Waals surface area contributed by atoms with Crippen LogP contribution in [0.1, 0.15) is 20.7 Å². The molecule has 2 rings (SSSR count). The smallest absolute Gasteiger partial charge is 0.339 e. The predicted octanol–water partition coefficient (Wildman–Crippen LogP) is 1.80.